The normalized spacial score (nSPS) is 17.5. The third kappa shape index (κ3) is 6.17. The fraction of sp³-hybridized carbons (Fsp3) is 0.208. The van der Waals surface area contributed by atoms with Crippen LogP contribution in [0.2, 0.25) is 0 Å². The van der Waals surface area contributed by atoms with Crippen molar-refractivity contribution < 1.29 is 22.7 Å². The average molecular weight is 454 g/mol. The summed E-state index contributed by atoms with van der Waals surface area (Å²) in [6.07, 6.45) is 1.24. The van der Waals surface area contributed by atoms with Crippen LogP contribution in [0.15, 0.2) is 72.6 Å². The second kappa shape index (κ2) is 9.83. The molecule has 1 aliphatic heterocycles. The number of carbonyl (C=O) groups excluding carboxylic acids is 1. The fourth-order valence-corrected chi connectivity index (χ4v) is 3.44. The van der Waals surface area contributed by atoms with Crippen LogP contribution in [0.1, 0.15) is 24.0 Å². The van der Waals surface area contributed by atoms with E-state index >= 15 is 0 Å². The van der Waals surface area contributed by atoms with Crippen molar-refractivity contribution >= 4 is 17.8 Å². The number of halogens is 3. The van der Waals surface area contributed by atoms with E-state index in [0.717, 1.165) is 29.8 Å². The number of piperidine rings is 1. The number of nitrogens with one attached hydrogen (secondary N) is 2. The van der Waals surface area contributed by atoms with Crippen molar-refractivity contribution in [1.29, 1.82) is 0 Å². The lowest BCUT2D eigenvalue weighted by atomic mass is 9.96. The van der Waals surface area contributed by atoms with Crippen molar-refractivity contribution in [3.8, 4) is 11.6 Å². The first-order valence-electron chi connectivity index (χ1n) is 10.3. The lowest BCUT2D eigenvalue weighted by Crippen LogP contribution is -2.44. The van der Waals surface area contributed by atoms with Gasteiger partial charge in [0, 0.05) is 18.5 Å². The number of aromatic nitrogens is 2. The molecule has 2 aromatic heterocycles. The van der Waals surface area contributed by atoms with E-state index in [1.807, 2.05) is 12.1 Å². The SMILES string of the molecule is O=C(Nc1ccccn1)C1C/C(=C/c2cccc(Oc3ccc(C(F)(F)F)cn3)c2)CCN1. The zero-order valence-corrected chi connectivity index (χ0v) is 17.5. The molecule has 6 nitrogen and oxygen atoms in total. The fourth-order valence-electron chi connectivity index (χ4n) is 3.44. The van der Waals surface area contributed by atoms with Crippen LogP contribution in [0, 0.1) is 0 Å². The highest BCUT2D eigenvalue weighted by Crippen LogP contribution is 2.30. The molecule has 0 saturated carbocycles. The third-order valence-electron chi connectivity index (χ3n) is 5.05. The van der Waals surface area contributed by atoms with E-state index in [2.05, 4.69) is 20.6 Å². The number of ether oxygens (including phenoxy) is 1. The molecule has 0 aliphatic carbocycles. The zero-order valence-electron chi connectivity index (χ0n) is 17.5. The van der Waals surface area contributed by atoms with Gasteiger partial charge in [-0.25, -0.2) is 9.97 Å². The molecule has 1 aliphatic rings. The summed E-state index contributed by atoms with van der Waals surface area (Å²) in [4.78, 5) is 20.4. The van der Waals surface area contributed by atoms with Crippen molar-refractivity contribution in [1.82, 2.24) is 15.3 Å². The average Bonchev–Trinajstić information content (AvgIpc) is 2.80. The molecule has 9 heteroatoms. The van der Waals surface area contributed by atoms with Gasteiger partial charge in [0.2, 0.25) is 11.8 Å². The van der Waals surface area contributed by atoms with Crippen molar-refractivity contribution in [3.63, 3.8) is 0 Å². The van der Waals surface area contributed by atoms with E-state index in [0.29, 0.717) is 24.5 Å². The number of hydrogen-bond donors (Lipinski definition) is 2. The van der Waals surface area contributed by atoms with Crippen molar-refractivity contribution in [2.75, 3.05) is 11.9 Å². The van der Waals surface area contributed by atoms with Crippen LogP contribution in [0.5, 0.6) is 11.6 Å². The Balaban J connectivity index is 1.41. The number of hydrogen-bond acceptors (Lipinski definition) is 5. The molecule has 1 aromatic carbocycles. The summed E-state index contributed by atoms with van der Waals surface area (Å²) in [6, 6.07) is 14.2. The Morgan fingerprint density at radius 3 is 2.73 bits per heavy atom. The van der Waals surface area contributed by atoms with Gasteiger partial charge >= 0.3 is 6.18 Å². The van der Waals surface area contributed by atoms with Gasteiger partial charge < -0.3 is 15.4 Å². The van der Waals surface area contributed by atoms with Crippen LogP contribution < -0.4 is 15.4 Å². The minimum atomic E-state index is -4.45. The van der Waals surface area contributed by atoms with Gasteiger partial charge in [-0.05, 0) is 55.3 Å². The molecule has 170 valence electrons. The number of alkyl halides is 3. The van der Waals surface area contributed by atoms with E-state index in [1.165, 1.54) is 6.07 Å². The first kappa shape index (κ1) is 22.5. The Morgan fingerprint density at radius 1 is 1.12 bits per heavy atom. The van der Waals surface area contributed by atoms with E-state index in [-0.39, 0.29) is 17.8 Å². The van der Waals surface area contributed by atoms with Gasteiger partial charge in [-0.3, -0.25) is 4.79 Å². The van der Waals surface area contributed by atoms with E-state index in [9.17, 15) is 18.0 Å². The molecule has 3 aromatic rings. The number of benzene rings is 1. The molecule has 33 heavy (non-hydrogen) atoms. The van der Waals surface area contributed by atoms with Crippen molar-refractivity contribution in [3.05, 3.63) is 83.7 Å². The van der Waals surface area contributed by atoms with E-state index in [4.69, 9.17) is 4.74 Å². The second-order valence-electron chi connectivity index (χ2n) is 7.53. The van der Waals surface area contributed by atoms with Gasteiger partial charge in [0.25, 0.3) is 0 Å². The van der Waals surface area contributed by atoms with Crippen LogP contribution in [0.3, 0.4) is 0 Å². The van der Waals surface area contributed by atoms with Crippen molar-refractivity contribution in [2.24, 2.45) is 0 Å². The Bertz CT molecular complexity index is 1130. The highest BCUT2D eigenvalue weighted by atomic mass is 19.4. The Hall–Kier alpha value is -3.72. The van der Waals surface area contributed by atoms with Gasteiger partial charge in [0.1, 0.15) is 11.6 Å². The van der Waals surface area contributed by atoms with Crippen LogP contribution >= 0.6 is 0 Å². The molecule has 4 rings (SSSR count). The zero-order chi connectivity index (χ0) is 23.3. The van der Waals surface area contributed by atoms with Crippen LogP contribution in [-0.2, 0) is 11.0 Å². The second-order valence-corrected chi connectivity index (χ2v) is 7.53. The summed E-state index contributed by atoms with van der Waals surface area (Å²) in [6.45, 7) is 0.664. The topological polar surface area (TPSA) is 76.1 Å². The van der Waals surface area contributed by atoms with Crippen LogP contribution in [0.4, 0.5) is 19.0 Å². The number of amides is 1. The highest BCUT2D eigenvalue weighted by Gasteiger charge is 2.30. The maximum atomic E-state index is 12.7. The molecule has 1 fully saturated rings. The first-order valence-corrected chi connectivity index (χ1v) is 10.3. The predicted octanol–water partition coefficient (Wildman–Crippen LogP) is 5.06. The molecule has 1 atom stereocenters. The number of carbonyl (C=O) groups is 1. The maximum Gasteiger partial charge on any atom is 0.417 e. The third-order valence-corrected chi connectivity index (χ3v) is 5.05. The molecule has 0 bridgehead atoms. The summed E-state index contributed by atoms with van der Waals surface area (Å²) in [5.41, 5.74) is 1.13. The van der Waals surface area contributed by atoms with E-state index < -0.39 is 11.7 Å². The molecule has 2 N–H and O–H groups in total. The molecule has 1 saturated heterocycles. The highest BCUT2D eigenvalue weighted by molar-refractivity contribution is 5.94. The summed E-state index contributed by atoms with van der Waals surface area (Å²) in [5, 5.41) is 6.03. The molecule has 1 unspecified atom stereocenters. The number of pyridine rings is 2. The molecule has 0 spiro atoms. The smallest absolute Gasteiger partial charge is 0.417 e. The van der Waals surface area contributed by atoms with Crippen molar-refractivity contribution in [2.45, 2.75) is 25.1 Å². The quantitative estimate of drug-likeness (QED) is 0.564. The van der Waals surface area contributed by atoms with Gasteiger partial charge in [-0.15, -0.1) is 0 Å². The van der Waals surface area contributed by atoms with Gasteiger partial charge in [-0.1, -0.05) is 29.8 Å². The van der Waals surface area contributed by atoms with Gasteiger partial charge in [-0.2, -0.15) is 13.2 Å². The standard InChI is InChI=1S/C24H21F3N4O2/c25-24(26,27)18-7-8-22(30-15-18)33-19-5-3-4-16(13-19)12-17-9-11-28-20(14-17)23(32)31-21-6-1-2-10-29-21/h1-8,10,12-13,15,20,28H,9,11,14H2,(H,29,31,32)/b17-12+. The summed E-state index contributed by atoms with van der Waals surface area (Å²) in [7, 11) is 0. The van der Waals surface area contributed by atoms with E-state index in [1.54, 1.807) is 42.6 Å². The lowest BCUT2D eigenvalue weighted by Gasteiger charge is -2.25. The van der Waals surface area contributed by atoms with Gasteiger partial charge in [0.15, 0.2) is 0 Å². The molecule has 1 amide bonds. The van der Waals surface area contributed by atoms with Crippen LogP contribution in [-0.4, -0.2) is 28.5 Å². The maximum absolute atomic E-state index is 12.7. The largest absolute Gasteiger partial charge is 0.439 e. The molecular weight excluding hydrogens is 433 g/mol. The number of rotatable bonds is 5. The van der Waals surface area contributed by atoms with Crippen LogP contribution in [0.25, 0.3) is 6.08 Å². The first-order chi connectivity index (χ1) is 15.9. The summed E-state index contributed by atoms with van der Waals surface area (Å²) in [5.74, 6) is 0.878. The monoisotopic (exact) mass is 454 g/mol. The summed E-state index contributed by atoms with van der Waals surface area (Å²) < 4.78 is 43.7. The molecule has 0 radical (unpaired) electrons. The minimum Gasteiger partial charge on any atom is -0.439 e. The Kier molecular flexibility index (Phi) is 6.69. The lowest BCUT2D eigenvalue weighted by molar-refractivity contribution is -0.137. The summed E-state index contributed by atoms with van der Waals surface area (Å²) >= 11 is 0. The minimum absolute atomic E-state index is 0.0703. The Morgan fingerprint density at radius 2 is 2.00 bits per heavy atom. The predicted molar refractivity (Wildman–Crippen MR) is 118 cm³/mol. The molecular formula is C24H21F3N4O2. The number of nitrogens with zero attached hydrogens (tertiary/aromatic N) is 2. The Labute approximate surface area is 188 Å². The number of anilines is 1. The molecule has 3 heterocycles. The van der Waals surface area contributed by atoms with Gasteiger partial charge in [0.05, 0.1) is 11.6 Å².